The van der Waals surface area contributed by atoms with Gasteiger partial charge in [-0.3, -0.25) is 9.69 Å². The molecule has 0 aliphatic carbocycles. The van der Waals surface area contributed by atoms with Crippen LogP contribution in [0.15, 0.2) is 65.7 Å². The van der Waals surface area contributed by atoms with E-state index in [-0.39, 0.29) is 39.8 Å². The number of piperazine rings is 1. The number of ether oxygens (including phenoxy) is 2. The summed E-state index contributed by atoms with van der Waals surface area (Å²) in [5.41, 5.74) is -1.63. The largest absolute Gasteiger partial charge is 0.497 e. The number of nitrogens with zero attached hydrogens (tertiary/aromatic N) is 6. The van der Waals surface area contributed by atoms with Gasteiger partial charge in [-0.1, -0.05) is 6.92 Å². The second-order valence-electron chi connectivity index (χ2n) is 12.7. The second kappa shape index (κ2) is 14.6. The van der Waals surface area contributed by atoms with E-state index in [2.05, 4.69) is 33.1 Å². The van der Waals surface area contributed by atoms with Crippen LogP contribution in [-0.2, 0) is 20.4 Å². The second-order valence-corrected chi connectivity index (χ2v) is 14.4. The highest BCUT2D eigenvalue weighted by Crippen LogP contribution is 2.49. The van der Waals surface area contributed by atoms with Crippen LogP contribution in [0.4, 0.5) is 10.5 Å². The Balaban J connectivity index is 1.38. The standard InChI is InChI=1S/C36H43N7O6S/c1-4-17-40-18-14-27(15-19-40)41-20-22-42(23-21-41)35(45)39-36(30-7-6-16-38-33(30)49-5-2)31-24-26(25-37)8-13-32(31)43(34(36)44)50(46,47)29-11-9-28(48-3)10-12-29/h6-13,16,24,27H,4-5,14-15,17-23H2,1-3H3,(H,39,45). The van der Waals surface area contributed by atoms with E-state index in [4.69, 9.17) is 9.47 Å². The summed E-state index contributed by atoms with van der Waals surface area (Å²) < 4.78 is 40.5. The Hall–Kier alpha value is -4.71. The minimum absolute atomic E-state index is 0.00987. The average Bonchev–Trinajstić information content (AvgIpc) is 3.39. The molecular formula is C36H43N7O6S. The number of methoxy groups -OCH3 is 1. The van der Waals surface area contributed by atoms with Gasteiger partial charge in [0.15, 0.2) is 5.54 Å². The van der Waals surface area contributed by atoms with Gasteiger partial charge in [0, 0.05) is 44.0 Å². The zero-order valence-electron chi connectivity index (χ0n) is 28.7. The lowest BCUT2D eigenvalue weighted by molar-refractivity contribution is -0.121. The number of aromatic nitrogens is 1. The summed E-state index contributed by atoms with van der Waals surface area (Å²) in [7, 11) is -3.06. The van der Waals surface area contributed by atoms with E-state index in [1.54, 1.807) is 24.0 Å². The third kappa shape index (κ3) is 6.36. The highest BCUT2D eigenvalue weighted by molar-refractivity contribution is 7.93. The van der Waals surface area contributed by atoms with Crippen molar-refractivity contribution < 1.29 is 27.5 Å². The molecule has 14 heteroatoms. The van der Waals surface area contributed by atoms with Crippen molar-refractivity contribution in [1.29, 1.82) is 5.26 Å². The Morgan fingerprint density at radius 1 is 1.02 bits per heavy atom. The van der Waals surface area contributed by atoms with E-state index < -0.39 is 27.5 Å². The molecule has 0 saturated carbocycles. The van der Waals surface area contributed by atoms with Crippen molar-refractivity contribution in [2.45, 2.75) is 49.6 Å². The first-order chi connectivity index (χ1) is 24.2. The minimum atomic E-state index is -4.53. The van der Waals surface area contributed by atoms with Crippen LogP contribution in [0.1, 0.15) is 49.8 Å². The molecule has 6 rings (SSSR count). The first kappa shape index (κ1) is 35.1. The van der Waals surface area contributed by atoms with Crippen LogP contribution in [0.2, 0.25) is 0 Å². The number of pyridine rings is 1. The first-order valence-corrected chi connectivity index (χ1v) is 18.5. The number of urea groups is 1. The molecular weight excluding hydrogens is 659 g/mol. The molecule has 3 aliphatic heterocycles. The van der Waals surface area contributed by atoms with E-state index in [9.17, 15) is 18.5 Å². The number of sulfonamides is 1. The van der Waals surface area contributed by atoms with E-state index in [1.165, 1.54) is 55.8 Å². The van der Waals surface area contributed by atoms with E-state index in [1.807, 2.05) is 0 Å². The predicted molar refractivity (Wildman–Crippen MR) is 186 cm³/mol. The molecule has 13 nitrogen and oxygen atoms in total. The summed E-state index contributed by atoms with van der Waals surface area (Å²) in [5, 5.41) is 12.9. The van der Waals surface area contributed by atoms with Crippen molar-refractivity contribution in [2.24, 2.45) is 0 Å². The molecule has 0 spiro atoms. The van der Waals surface area contributed by atoms with Gasteiger partial charge < -0.3 is 24.6 Å². The number of nitrogens with one attached hydrogen (secondary N) is 1. The van der Waals surface area contributed by atoms with Gasteiger partial charge in [0.1, 0.15) is 5.75 Å². The summed E-state index contributed by atoms with van der Waals surface area (Å²) in [6.45, 7) is 9.61. The lowest BCUT2D eigenvalue weighted by Gasteiger charge is -2.43. The zero-order valence-corrected chi connectivity index (χ0v) is 29.5. The fraction of sp³-hybridized carbons (Fsp3) is 0.444. The molecule has 1 atom stereocenters. The van der Waals surface area contributed by atoms with Gasteiger partial charge in [-0.2, -0.15) is 9.57 Å². The van der Waals surface area contributed by atoms with Gasteiger partial charge in [0.05, 0.1) is 41.5 Å². The zero-order chi connectivity index (χ0) is 35.5. The number of carbonyl (C=O) groups excluding carboxylic acids is 2. The maximum atomic E-state index is 15.0. The van der Waals surface area contributed by atoms with Crippen LogP contribution in [0.25, 0.3) is 0 Å². The number of hydrogen-bond donors (Lipinski definition) is 1. The molecule has 0 bridgehead atoms. The van der Waals surface area contributed by atoms with E-state index >= 15 is 4.79 Å². The van der Waals surface area contributed by atoms with Crippen LogP contribution in [0, 0.1) is 11.3 Å². The van der Waals surface area contributed by atoms with Crippen LogP contribution in [0.5, 0.6) is 11.6 Å². The third-order valence-corrected chi connectivity index (χ3v) is 11.5. The molecule has 264 valence electrons. The Bertz CT molecular complexity index is 1870. The predicted octanol–water partition coefficient (Wildman–Crippen LogP) is 3.54. The molecule has 0 radical (unpaired) electrons. The number of fused-ring (bicyclic) bond motifs is 1. The fourth-order valence-electron chi connectivity index (χ4n) is 7.28. The van der Waals surface area contributed by atoms with Gasteiger partial charge in [0.2, 0.25) is 5.88 Å². The number of nitriles is 1. The Morgan fingerprint density at radius 2 is 1.74 bits per heavy atom. The quantitative estimate of drug-likeness (QED) is 0.333. The molecule has 2 saturated heterocycles. The van der Waals surface area contributed by atoms with Gasteiger partial charge >= 0.3 is 6.03 Å². The number of piperidine rings is 1. The van der Waals surface area contributed by atoms with Gasteiger partial charge in [-0.15, -0.1) is 0 Å². The lowest BCUT2D eigenvalue weighted by atomic mass is 9.83. The summed E-state index contributed by atoms with van der Waals surface area (Å²) in [4.78, 5) is 40.2. The van der Waals surface area contributed by atoms with E-state index in [0.717, 1.165) is 38.9 Å². The maximum absolute atomic E-state index is 15.0. The van der Waals surface area contributed by atoms with Gasteiger partial charge in [0.25, 0.3) is 15.9 Å². The molecule has 1 unspecified atom stereocenters. The summed E-state index contributed by atoms with van der Waals surface area (Å²) in [6, 6.07) is 15.2. The summed E-state index contributed by atoms with van der Waals surface area (Å²) in [5.74, 6) is -0.450. The maximum Gasteiger partial charge on any atom is 0.318 e. The van der Waals surface area contributed by atoms with Crippen molar-refractivity contribution >= 4 is 27.6 Å². The van der Waals surface area contributed by atoms with Crippen LogP contribution < -0.4 is 19.1 Å². The number of rotatable bonds is 10. The monoisotopic (exact) mass is 701 g/mol. The van der Waals surface area contributed by atoms with Crippen molar-refractivity contribution in [3.05, 3.63) is 77.5 Å². The van der Waals surface area contributed by atoms with Gasteiger partial charge in [-0.25, -0.2) is 18.2 Å². The average molecular weight is 702 g/mol. The molecule has 1 aromatic heterocycles. The van der Waals surface area contributed by atoms with Crippen molar-refractivity contribution in [3.63, 3.8) is 0 Å². The molecule has 3 aromatic rings. The molecule has 3 aliphatic rings. The summed E-state index contributed by atoms with van der Waals surface area (Å²) in [6.07, 6.45) is 4.80. The molecule has 1 N–H and O–H groups in total. The topological polar surface area (TPSA) is 148 Å². The Labute approximate surface area is 293 Å². The van der Waals surface area contributed by atoms with Crippen molar-refractivity contribution in [1.82, 2.24) is 25.0 Å². The number of benzene rings is 2. The number of anilines is 1. The Morgan fingerprint density at radius 3 is 2.38 bits per heavy atom. The SMILES string of the molecule is CCCN1CCC(N2CCN(C(=O)NC3(c4cccnc4OCC)C(=O)N(S(=O)(=O)c4ccc(OC)cc4)c4ccc(C#N)cc43)CC2)CC1. The molecule has 4 heterocycles. The number of carbonyl (C=O) groups is 2. The van der Waals surface area contributed by atoms with Crippen molar-refractivity contribution in [2.75, 3.05) is 63.8 Å². The van der Waals surface area contributed by atoms with Crippen molar-refractivity contribution in [3.8, 4) is 17.7 Å². The normalized spacial score (nSPS) is 20.3. The Kier molecular flexibility index (Phi) is 10.3. The molecule has 50 heavy (non-hydrogen) atoms. The van der Waals surface area contributed by atoms with Gasteiger partial charge in [-0.05, 0) is 100 Å². The van der Waals surface area contributed by atoms with Crippen LogP contribution in [0.3, 0.4) is 0 Å². The highest BCUT2D eigenvalue weighted by Gasteiger charge is 2.59. The molecule has 2 aromatic carbocycles. The van der Waals surface area contributed by atoms with E-state index in [0.29, 0.717) is 42.3 Å². The number of likely N-dealkylation sites (tertiary alicyclic amines) is 1. The minimum Gasteiger partial charge on any atom is -0.497 e. The third-order valence-electron chi connectivity index (χ3n) is 9.82. The molecule has 3 amide bonds. The highest BCUT2D eigenvalue weighted by atomic mass is 32.2. The molecule has 2 fully saturated rings. The van der Waals surface area contributed by atoms with Crippen LogP contribution in [-0.4, -0.2) is 106 Å². The smallest absolute Gasteiger partial charge is 0.318 e. The van der Waals surface area contributed by atoms with Crippen LogP contribution >= 0.6 is 0 Å². The number of amides is 3. The lowest BCUT2D eigenvalue weighted by Crippen LogP contribution is -2.61. The summed E-state index contributed by atoms with van der Waals surface area (Å²) >= 11 is 0. The fourth-order valence-corrected chi connectivity index (χ4v) is 8.75. The number of hydrogen-bond acceptors (Lipinski definition) is 10. The first-order valence-electron chi connectivity index (χ1n) is 17.1.